The van der Waals surface area contributed by atoms with Crippen molar-refractivity contribution in [3.63, 3.8) is 0 Å². The molecule has 1 atom stereocenters. The van der Waals surface area contributed by atoms with Gasteiger partial charge in [-0.1, -0.05) is 25.1 Å². The van der Waals surface area contributed by atoms with E-state index in [4.69, 9.17) is 0 Å². The van der Waals surface area contributed by atoms with E-state index in [2.05, 4.69) is 17.3 Å². The first-order chi connectivity index (χ1) is 9.69. The van der Waals surface area contributed by atoms with Crippen LogP contribution in [0.4, 0.5) is 4.39 Å². The van der Waals surface area contributed by atoms with Crippen LogP contribution in [0.2, 0.25) is 0 Å². The highest BCUT2D eigenvalue weighted by Gasteiger charge is 2.13. The summed E-state index contributed by atoms with van der Waals surface area (Å²) in [5, 5.41) is 7.89. The molecule has 1 N–H and O–H groups in total. The van der Waals surface area contributed by atoms with Crippen LogP contribution in [0.5, 0.6) is 0 Å². The molecule has 0 saturated heterocycles. The normalized spacial score (nSPS) is 12.6. The van der Waals surface area contributed by atoms with Gasteiger partial charge in [-0.3, -0.25) is 4.68 Å². The summed E-state index contributed by atoms with van der Waals surface area (Å²) in [5.41, 5.74) is 1.80. The number of benzene rings is 1. The first kappa shape index (κ1) is 14.7. The Balaban J connectivity index is 2.05. The Labute approximate surface area is 119 Å². The van der Waals surface area contributed by atoms with E-state index in [9.17, 15) is 4.39 Å². The molecule has 1 unspecified atom stereocenters. The van der Waals surface area contributed by atoms with Gasteiger partial charge in [-0.15, -0.1) is 0 Å². The highest BCUT2D eigenvalue weighted by Crippen LogP contribution is 2.12. The third kappa shape index (κ3) is 4.17. The standard InChI is InChI=1S/C16H22FN3/c1-3-9-18-15(12-14-8-10-20(2)19-14)11-13-6-4-5-7-16(13)17/h4-8,10,15,18H,3,9,11-12H2,1-2H3. The minimum absolute atomic E-state index is 0.128. The molecule has 2 rings (SSSR count). The zero-order chi connectivity index (χ0) is 14.4. The predicted molar refractivity (Wildman–Crippen MR) is 79.1 cm³/mol. The van der Waals surface area contributed by atoms with E-state index in [1.807, 2.05) is 31.4 Å². The lowest BCUT2D eigenvalue weighted by molar-refractivity contribution is 0.486. The van der Waals surface area contributed by atoms with E-state index in [1.54, 1.807) is 10.7 Å². The van der Waals surface area contributed by atoms with Crippen LogP contribution in [0.1, 0.15) is 24.6 Å². The Hall–Kier alpha value is -1.68. The molecule has 2 aromatic rings. The van der Waals surface area contributed by atoms with Crippen molar-refractivity contribution >= 4 is 0 Å². The first-order valence-electron chi connectivity index (χ1n) is 7.14. The smallest absolute Gasteiger partial charge is 0.126 e. The summed E-state index contributed by atoms with van der Waals surface area (Å²) < 4.78 is 15.6. The molecule has 0 bridgehead atoms. The maximum absolute atomic E-state index is 13.8. The van der Waals surface area contributed by atoms with E-state index >= 15 is 0 Å². The molecule has 20 heavy (non-hydrogen) atoms. The zero-order valence-corrected chi connectivity index (χ0v) is 12.1. The molecule has 0 saturated carbocycles. The molecule has 3 nitrogen and oxygen atoms in total. The Morgan fingerprint density at radius 1 is 1.25 bits per heavy atom. The Morgan fingerprint density at radius 3 is 2.70 bits per heavy atom. The van der Waals surface area contributed by atoms with Crippen LogP contribution in [-0.4, -0.2) is 22.4 Å². The summed E-state index contributed by atoms with van der Waals surface area (Å²) in [6.07, 6.45) is 4.50. The number of aromatic nitrogens is 2. The maximum atomic E-state index is 13.8. The number of hydrogen-bond donors (Lipinski definition) is 1. The van der Waals surface area contributed by atoms with Crippen molar-refractivity contribution in [2.45, 2.75) is 32.2 Å². The molecule has 0 spiro atoms. The van der Waals surface area contributed by atoms with Crippen molar-refractivity contribution in [3.05, 3.63) is 53.6 Å². The summed E-state index contributed by atoms with van der Waals surface area (Å²) in [6.45, 7) is 3.07. The van der Waals surface area contributed by atoms with Gasteiger partial charge in [-0.2, -0.15) is 5.10 Å². The Bertz CT molecular complexity index is 536. The number of hydrogen-bond acceptors (Lipinski definition) is 2. The SMILES string of the molecule is CCCNC(Cc1ccn(C)n1)Cc1ccccc1F. The lowest BCUT2D eigenvalue weighted by Gasteiger charge is -2.18. The first-order valence-corrected chi connectivity index (χ1v) is 7.14. The molecule has 0 amide bonds. The van der Waals surface area contributed by atoms with Gasteiger partial charge in [-0.25, -0.2) is 4.39 Å². The number of nitrogens with zero attached hydrogens (tertiary/aromatic N) is 2. The van der Waals surface area contributed by atoms with Crippen molar-refractivity contribution in [3.8, 4) is 0 Å². The molecule has 1 heterocycles. The van der Waals surface area contributed by atoms with Gasteiger partial charge in [0, 0.05) is 25.7 Å². The molecule has 4 heteroatoms. The monoisotopic (exact) mass is 275 g/mol. The molecular formula is C16H22FN3. The topological polar surface area (TPSA) is 29.9 Å². The summed E-state index contributed by atoms with van der Waals surface area (Å²) >= 11 is 0. The van der Waals surface area contributed by atoms with Gasteiger partial charge < -0.3 is 5.32 Å². The van der Waals surface area contributed by atoms with Crippen molar-refractivity contribution < 1.29 is 4.39 Å². The molecule has 0 radical (unpaired) electrons. The Kier molecular flexibility index (Phi) is 5.30. The fourth-order valence-electron chi connectivity index (χ4n) is 2.32. The minimum atomic E-state index is -0.128. The molecule has 0 aliphatic rings. The van der Waals surface area contributed by atoms with E-state index in [0.717, 1.165) is 30.6 Å². The maximum Gasteiger partial charge on any atom is 0.126 e. The van der Waals surface area contributed by atoms with Crippen LogP contribution in [0.15, 0.2) is 36.5 Å². The van der Waals surface area contributed by atoms with Gasteiger partial charge in [0.1, 0.15) is 5.82 Å². The van der Waals surface area contributed by atoms with Gasteiger partial charge in [0.05, 0.1) is 5.69 Å². The summed E-state index contributed by atoms with van der Waals surface area (Å²) in [5.74, 6) is -0.128. The second-order valence-electron chi connectivity index (χ2n) is 5.13. The fraction of sp³-hybridized carbons (Fsp3) is 0.438. The second kappa shape index (κ2) is 7.20. The number of aryl methyl sites for hydroxylation is 1. The number of halogens is 1. The number of nitrogens with one attached hydrogen (secondary N) is 1. The third-order valence-corrected chi connectivity index (χ3v) is 3.33. The van der Waals surface area contributed by atoms with Crippen molar-refractivity contribution in [2.24, 2.45) is 7.05 Å². The van der Waals surface area contributed by atoms with Crippen LogP contribution in [-0.2, 0) is 19.9 Å². The van der Waals surface area contributed by atoms with Gasteiger partial charge in [0.15, 0.2) is 0 Å². The zero-order valence-electron chi connectivity index (χ0n) is 12.1. The van der Waals surface area contributed by atoms with Crippen molar-refractivity contribution in [1.29, 1.82) is 0 Å². The Morgan fingerprint density at radius 2 is 2.05 bits per heavy atom. The molecule has 108 valence electrons. The van der Waals surface area contributed by atoms with Crippen LogP contribution in [0.3, 0.4) is 0 Å². The van der Waals surface area contributed by atoms with E-state index in [0.29, 0.717) is 6.42 Å². The number of rotatable bonds is 7. The van der Waals surface area contributed by atoms with Gasteiger partial charge >= 0.3 is 0 Å². The van der Waals surface area contributed by atoms with Crippen LogP contribution in [0, 0.1) is 5.82 Å². The minimum Gasteiger partial charge on any atom is -0.313 e. The molecule has 1 aromatic heterocycles. The quantitative estimate of drug-likeness (QED) is 0.842. The second-order valence-corrected chi connectivity index (χ2v) is 5.13. The van der Waals surface area contributed by atoms with E-state index < -0.39 is 0 Å². The van der Waals surface area contributed by atoms with Gasteiger partial charge in [0.2, 0.25) is 0 Å². The third-order valence-electron chi connectivity index (χ3n) is 3.33. The highest BCUT2D eigenvalue weighted by molar-refractivity contribution is 5.19. The van der Waals surface area contributed by atoms with Gasteiger partial charge in [0.25, 0.3) is 0 Å². The molecule has 0 aliphatic heterocycles. The summed E-state index contributed by atoms with van der Waals surface area (Å²) in [6, 6.07) is 9.22. The summed E-state index contributed by atoms with van der Waals surface area (Å²) in [4.78, 5) is 0. The largest absolute Gasteiger partial charge is 0.313 e. The van der Waals surface area contributed by atoms with Crippen LogP contribution < -0.4 is 5.32 Å². The molecule has 1 aromatic carbocycles. The lowest BCUT2D eigenvalue weighted by Crippen LogP contribution is -2.34. The molecular weight excluding hydrogens is 253 g/mol. The molecule has 0 aliphatic carbocycles. The van der Waals surface area contributed by atoms with E-state index in [1.165, 1.54) is 6.07 Å². The van der Waals surface area contributed by atoms with Crippen molar-refractivity contribution in [1.82, 2.24) is 15.1 Å². The van der Waals surface area contributed by atoms with Gasteiger partial charge in [-0.05, 0) is 37.1 Å². The highest BCUT2D eigenvalue weighted by atomic mass is 19.1. The lowest BCUT2D eigenvalue weighted by atomic mass is 10.0. The van der Waals surface area contributed by atoms with Crippen LogP contribution >= 0.6 is 0 Å². The van der Waals surface area contributed by atoms with Crippen LogP contribution in [0.25, 0.3) is 0 Å². The predicted octanol–water partition coefficient (Wildman–Crippen LogP) is 2.71. The molecule has 0 fully saturated rings. The summed E-state index contributed by atoms with van der Waals surface area (Å²) in [7, 11) is 1.91. The average Bonchev–Trinajstić information content (AvgIpc) is 2.84. The van der Waals surface area contributed by atoms with Crippen molar-refractivity contribution in [2.75, 3.05) is 6.54 Å². The average molecular weight is 275 g/mol. The van der Waals surface area contributed by atoms with E-state index in [-0.39, 0.29) is 11.9 Å². The fourth-order valence-corrected chi connectivity index (χ4v) is 2.32.